The summed E-state index contributed by atoms with van der Waals surface area (Å²) in [5.41, 5.74) is 0.525. The minimum atomic E-state index is 0.525. The van der Waals surface area contributed by atoms with Crippen LogP contribution in [0.2, 0.25) is 0 Å². The van der Waals surface area contributed by atoms with Gasteiger partial charge in [-0.25, -0.2) is 0 Å². The van der Waals surface area contributed by atoms with Crippen molar-refractivity contribution in [3.05, 3.63) is 0 Å². The quantitative estimate of drug-likeness (QED) is 0.640. The van der Waals surface area contributed by atoms with Crippen molar-refractivity contribution in [1.82, 2.24) is 5.32 Å². The van der Waals surface area contributed by atoms with E-state index in [0.29, 0.717) is 5.41 Å². The zero-order chi connectivity index (χ0) is 11.3. The van der Waals surface area contributed by atoms with E-state index in [-0.39, 0.29) is 0 Å². The van der Waals surface area contributed by atoms with Gasteiger partial charge in [0.05, 0.1) is 0 Å². The first kappa shape index (κ1) is 13.0. The Morgan fingerprint density at radius 3 is 2.47 bits per heavy atom. The summed E-state index contributed by atoms with van der Waals surface area (Å²) < 4.78 is 0. The average molecular weight is 211 g/mol. The standard InChI is InChI=1S/C14H29N/c1-5-7-12(3)10-14(4,6-2)11-15-13-8-9-13/h12-13,15H,5-11H2,1-4H3. The van der Waals surface area contributed by atoms with Gasteiger partial charge in [-0.3, -0.25) is 0 Å². The fourth-order valence-electron chi connectivity index (χ4n) is 2.46. The number of hydrogen-bond acceptors (Lipinski definition) is 1. The molecule has 1 aliphatic rings. The second kappa shape index (κ2) is 5.89. The monoisotopic (exact) mass is 211 g/mol. The van der Waals surface area contributed by atoms with Crippen molar-refractivity contribution in [2.45, 2.75) is 72.3 Å². The second-order valence-electron chi connectivity index (χ2n) is 5.92. The van der Waals surface area contributed by atoms with Gasteiger partial charge in [0.2, 0.25) is 0 Å². The molecule has 2 atom stereocenters. The first-order valence-corrected chi connectivity index (χ1v) is 6.83. The smallest absolute Gasteiger partial charge is 0.00684 e. The minimum Gasteiger partial charge on any atom is -0.313 e. The van der Waals surface area contributed by atoms with Gasteiger partial charge in [-0.1, -0.05) is 40.5 Å². The van der Waals surface area contributed by atoms with Crippen LogP contribution >= 0.6 is 0 Å². The molecule has 0 aromatic carbocycles. The first-order chi connectivity index (χ1) is 7.09. The Hall–Kier alpha value is -0.0400. The molecule has 1 N–H and O–H groups in total. The van der Waals surface area contributed by atoms with Crippen molar-refractivity contribution in [2.75, 3.05) is 6.54 Å². The van der Waals surface area contributed by atoms with Gasteiger partial charge in [-0.2, -0.15) is 0 Å². The maximum Gasteiger partial charge on any atom is 0.00684 e. The molecule has 1 rings (SSSR count). The van der Waals surface area contributed by atoms with Gasteiger partial charge >= 0.3 is 0 Å². The summed E-state index contributed by atoms with van der Waals surface area (Å²) in [6.07, 6.45) is 8.22. The first-order valence-electron chi connectivity index (χ1n) is 6.83. The van der Waals surface area contributed by atoms with E-state index >= 15 is 0 Å². The lowest BCUT2D eigenvalue weighted by Gasteiger charge is -2.31. The molecule has 0 aromatic heterocycles. The van der Waals surface area contributed by atoms with E-state index in [9.17, 15) is 0 Å². The van der Waals surface area contributed by atoms with Crippen LogP contribution in [0.1, 0.15) is 66.2 Å². The van der Waals surface area contributed by atoms with Crippen LogP contribution in [0.15, 0.2) is 0 Å². The molecule has 1 aliphatic carbocycles. The number of nitrogens with one attached hydrogen (secondary N) is 1. The highest BCUT2D eigenvalue weighted by Crippen LogP contribution is 2.32. The van der Waals surface area contributed by atoms with E-state index < -0.39 is 0 Å². The van der Waals surface area contributed by atoms with Crippen molar-refractivity contribution in [1.29, 1.82) is 0 Å². The van der Waals surface area contributed by atoms with Gasteiger partial charge < -0.3 is 5.32 Å². The van der Waals surface area contributed by atoms with E-state index in [2.05, 4.69) is 33.0 Å². The van der Waals surface area contributed by atoms with E-state index in [1.54, 1.807) is 0 Å². The lowest BCUT2D eigenvalue weighted by molar-refractivity contribution is 0.221. The van der Waals surface area contributed by atoms with Crippen LogP contribution in [0, 0.1) is 11.3 Å². The Morgan fingerprint density at radius 2 is 2.00 bits per heavy atom. The third-order valence-electron chi connectivity index (χ3n) is 3.87. The normalized spacial score (nSPS) is 22.4. The number of rotatable bonds is 8. The summed E-state index contributed by atoms with van der Waals surface area (Å²) in [5.74, 6) is 0.890. The van der Waals surface area contributed by atoms with Crippen molar-refractivity contribution < 1.29 is 0 Å². The molecule has 0 heterocycles. The average Bonchev–Trinajstić information content (AvgIpc) is 2.99. The molecule has 1 fully saturated rings. The molecule has 0 saturated heterocycles. The van der Waals surface area contributed by atoms with Crippen LogP contribution in [0.4, 0.5) is 0 Å². The molecule has 0 aromatic rings. The van der Waals surface area contributed by atoms with Gasteiger partial charge in [0, 0.05) is 12.6 Å². The van der Waals surface area contributed by atoms with E-state index in [0.717, 1.165) is 12.0 Å². The van der Waals surface area contributed by atoms with Gasteiger partial charge in [0.25, 0.3) is 0 Å². The molecule has 0 aliphatic heterocycles. The van der Waals surface area contributed by atoms with Crippen LogP contribution < -0.4 is 5.32 Å². The summed E-state index contributed by atoms with van der Waals surface area (Å²) in [7, 11) is 0. The predicted molar refractivity (Wildman–Crippen MR) is 68.1 cm³/mol. The summed E-state index contributed by atoms with van der Waals surface area (Å²) in [6, 6.07) is 0.859. The van der Waals surface area contributed by atoms with Crippen LogP contribution in [-0.4, -0.2) is 12.6 Å². The third-order valence-corrected chi connectivity index (χ3v) is 3.87. The molecule has 15 heavy (non-hydrogen) atoms. The summed E-state index contributed by atoms with van der Waals surface area (Å²) in [6.45, 7) is 10.7. The molecule has 90 valence electrons. The minimum absolute atomic E-state index is 0.525. The maximum atomic E-state index is 3.70. The molecule has 0 radical (unpaired) electrons. The van der Waals surface area contributed by atoms with Crippen LogP contribution in [-0.2, 0) is 0 Å². The largest absolute Gasteiger partial charge is 0.313 e. The molecular formula is C14H29N. The van der Waals surface area contributed by atoms with Crippen LogP contribution in [0.25, 0.3) is 0 Å². The topological polar surface area (TPSA) is 12.0 Å². The molecule has 0 amide bonds. The van der Waals surface area contributed by atoms with E-state index in [1.165, 1.54) is 45.1 Å². The zero-order valence-corrected chi connectivity index (χ0v) is 11.1. The molecule has 0 bridgehead atoms. The highest BCUT2D eigenvalue weighted by Gasteiger charge is 2.28. The lowest BCUT2D eigenvalue weighted by atomic mass is 9.78. The van der Waals surface area contributed by atoms with Gasteiger partial charge in [-0.05, 0) is 37.0 Å². The highest BCUT2D eigenvalue weighted by atomic mass is 15.0. The highest BCUT2D eigenvalue weighted by molar-refractivity contribution is 4.85. The van der Waals surface area contributed by atoms with Gasteiger partial charge in [-0.15, -0.1) is 0 Å². The Bertz CT molecular complexity index is 174. The Labute approximate surface area is 96.0 Å². The van der Waals surface area contributed by atoms with Crippen molar-refractivity contribution in [3.8, 4) is 0 Å². The molecule has 0 spiro atoms. The summed E-state index contributed by atoms with van der Waals surface area (Å²) in [4.78, 5) is 0. The number of hydrogen-bond donors (Lipinski definition) is 1. The second-order valence-corrected chi connectivity index (χ2v) is 5.92. The fraction of sp³-hybridized carbons (Fsp3) is 1.00. The maximum absolute atomic E-state index is 3.70. The van der Waals surface area contributed by atoms with E-state index in [4.69, 9.17) is 0 Å². The SMILES string of the molecule is CCCC(C)CC(C)(CC)CNC1CC1. The van der Waals surface area contributed by atoms with Gasteiger partial charge in [0.15, 0.2) is 0 Å². The Morgan fingerprint density at radius 1 is 1.33 bits per heavy atom. The van der Waals surface area contributed by atoms with E-state index in [1.807, 2.05) is 0 Å². The van der Waals surface area contributed by atoms with Crippen molar-refractivity contribution in [2.24, 2.45) is 11.3 Å². The van der Waals surface area contributed by atoms with Crippen LogP contribution in [0.3, 0.4) is 0 Å². The predicted octanol–water partition coefficient (Wildman–Crippen LogP) is 3.98. The van der Waals surface area contributed by atoms with Crippen LogP contribution in [0.5, 0.6) is 0 Å². The molecule has 1 nitrogen and oxygen atoms in total. The van der Waals surface area contributed by atoms with Crippen molar-refractivity contribution >= 4 is 0 Å². The summed E-state index contributed by atoms with van der Waals surface area (Å²) >= 11 is 0. The molecular weight excluding hydrogens is 182 g/mol. The third kappa shape index (κ3) is 5.01. The molecule has 1 heteroatoms. The Kier molecular flexibility index (Phi) is 5.11. The molecule has 1 saturated carbocycles. The summed E-state index contributed by atoms with van der Waals surface area (Å²) in [5, 5.41) is 3.70. The zero-order valence-electron chi connectivity index (χ0n) is 11.1. The van der Waals surface area contributed by atoms with Crippen molar-refractivity contribution in [3.63, 3.8) is 0 Å². The fourth-order valence-corrected chi connectivity index (χ4v) is 2.46. The van der Waals surface area contributed by atoms with Gasteiger partial charge in [0.1, 0.15) is 0 Å². The molecule has 2 unspecified atom stereocenters. The lowest BCUT2D eigenvalue weighted by Crippen LogP contribution is -2.34. The Balaban J connectivity index is 2.28.